The fraction of sp³-hybridized carbons (Fsp3) is 0.154. The van der Waals surface area contributed by atoms with E-state index in [0.29, 0.717) is 0 Å². The molecule has 0 amide bonds. The van der Waals surface area contributed by atoms with Crippen LogP contribution in [0.3, 0.4) is 0 Å². The van der Waals surface area contributed by atoms with Crippen LogP contribution in [0.15, 0.2) is 42.0 Å². The summed E-state index contributed by atoms with van der Waals surface area (Å²) in [6.45, 7) is 0. The second-order valence-corrected chi connectivity index (χ2v) is 4.32. The van der Waals surface area contributed by atoms with Crippen molar-refractivity contribution in [3.05, 3.63) is 53.1 Å². The SMILES string of the molecule is O=C1C2=C(C=CC1Cl)c1ccccc1C2. The van der Waals surface area contributed by atoms with Gasteiger partial charge in [0.05, 0.1) is 0 Å². The molecule has 1 nitrogen and oxygen atoms in total. The number of allylic oxidation sites excluding steroid dienone is 4. The lowest BCUT2D eigenvalue weighted by molar-refractivity contribution is -0.114. The third-order valence-electron chi connectivity index (χ3n) is 2.98. The highest BCUT2D eigenvalue weighted by molar-refractivity contribution is 6.37. The highest BCUT2D eigenvalue weighted by Gasteiger charge is 2.30. The van der Waals surface area contributed by atoms with Crippen molar-refractivity contribution in [3.63, 3.8) is 0 Å². The summed E-state index contributed by atoms with van der Waals surface area (Å²) in [5.41, 5.74) is 4.35. The minimum atomic E-state index is -0.474. The molecular weight excluding hydrogens is 208 g/mol. The number of carbonyl (C=O) groups is 1. The quantitative estimate of drug-likeness (QED) is 0.610. The van der Waals surface area contributed by atoms with Gasteiger partial charge in [-0.2, -0.15) is 0 Å². The van der Waals surface area contributed by atoms with Gasteiger partial charge in [-0.1, -0.05) is 36.4 Å². The third kappa shape index (κ3) is 1.20. The maximum absolute atomic E-state index is 11.8. The van der Waals surface area contributed by atoms with E-state index in [0.717, 1.165) is 17.6 Å². The van der Waals surface area contributed by atoms with Crippen LogP contribution in [0, 0.1) is 0 Å². The second kappa shape index (κ2) is 3.07. The molecule has 1 atom stereocenters. The summed E-state index contributed by atoms with van der Waals surface area (Å²) in [5, 5.41) is -0.474. The number of benzene rings is 1. The van der Waals surface area contributed by atoms with Crippen LogP contribution >= 0.6 is 11.6 Å². The van der Waals surface area contributed by atoms with Crippen LogP contribution in [0.2, 0.25) is 0 Å². The molecule has 0 spiro atoms. The summed E-state index contributed by atoms with van der Waals surface area (Å²) in [7, 11) is 0. The van der Waals surface area contributed by atoms with Crippen molar-refractivity contribution in [2.24, 2.45) is 0 Å². The molecule has 0 fully saturated rings. The molecule has 3 rings (SSSR count). The van der Waals surface area contributed by atoms with Crippen LogP contribution in [0.4, 0.5) is 0 Å². The lowest BCUT2D eigenvalue weighted by Gasteiger charge is -2.11. The summed E-state index contributed by atoms with van der Waals surface area (Å²) in [6.07, 6.45) is 4.48. The summed E-state index contributed by atoms with van der Waals surface area (Å²) in [4.78, 5) is 11.8. The number of fused-ring (bicyclic) bond motifs is 2. The van der Waals surface area contributed by atoms with E-state index in [2.05, 4.69) is 12.1 Å². The number of rotatable bonds is 0. The fourth-order valence-electron chi connectivity index (χ4n) is 2.23. The fourth-order valence-corrected chi connectivity index (χ4v) is 2.43. The van der Waals surface area contributed by atoms with Crippen LogP contribution in [-0.4, -0.2) is 11.2 Å². The van der Waals surface area contributed by atoms with Gasteiger partial charge in [-0.05, 0) is 16.7 Å². The molecule has 0 saturated carbocycles. The Kier molecular flexibility index (Phi) is 1.83. The molecule has 15 heavy (non-hydrogen) atoms. The minimum absolute atomic E-state index is 0.0605. The molecule has 0 heterocycles. The number of hydrogen-bond acceptors (Lipinski definition) is 1. The average Bonchev–Trinajstić information content (AvgIpc) is 2.63. The van der Waals surface area contributed by atoms with Crippen molar-refractivity contribution >= 4 is 23.0 Å². The molecule has 1 unspecified atom stereocenters. The average molecular weight is 217 g/mol. The molecule has 1 aromatic carbocycles. The van der Waals surface area contributed by atoms with Gasteiger partial charge in [-0.25, -0.2) is 0 Å². The molecule has 2 aliphatic rings. The lowest BCUT2D eigenvalue weighted by atomic mass is 9.96. The molecule has 0 aromatic heterocycles. The lowest BCUT2D eigenvalue weighted by Crippen LogP contribution is -2.17. The number of halogens is 1. The van der Waals surface area contributed by atoms with Gasteiger partial charge in [0.2, 0.25) is 0 Å². The van der Waals surface area contributed by atoms with E-state index in [9.17, 15) is 4.79 Å². The zero-order valence-electron chi connectivity index (χ0n) is 8.03. The number of carbonyl (C=O) groups excluding carboxylic acids is 1. The predicted octanol–water partition coefficient (Wildman–Crippen LogP) is 2.74. The molecule has 2 aliphatic carbocycles. The van der Waals surface area contributed by atoms with Crippen molar-refractivity contribution in [2.45, 2.75) is 11.8 Å². The normalized spacial score (nSPS) is 23.0. The molecule has 74 valence electrons. The van der Waals surface area contributed by atoms with Crippen LogP contribution in [0.1, 0.15) is 11.1 Å². The zero-order valence-corrected chi connectivity index (χ0v) is 8.79. The van der Waals surface area contributed by atoms with Crippen LogP contribution in [0.25, 0.3) is 5.57 Å². The van der Waals surface area contributed by atoms with Gasteiger partial charge in [0.15, 0.2) is 5.78 Å². The van der Waals surface area contributed by atoms with Crippen molar-refractivity contribution in [3.8, 4) is 0 Å². The third-order valence-corrected chi connectivity index (χ3v) is 3.32. The van der Waals surface area contributed by atoms with Gasteiger partial charge >= 0.3 is 0 Å². The van der Waals surface area contributed by atoms with E-state index >= 15 is 0 Å². The Hall–Kier alpha value is -1.34. The van der Waals surface area contributed by atoms with E-state index in [4.69, 9.17) is 11.6 Å². The summed E-state index contributed by atoms with van der Waals surface area (Å²) < 4.78 is 0. The Bertz CT molecular complexity index is 511. The molecular formula is C13H9ClO. The first-order valence-electron chi connectivity index (χ1n) is 4.95. The largest absolute Gasteiger partial charge is 0.292 e. The maximum atomic E-state index is 11.8. The standard InChI is InChI=1S/C13H9ClO/c14-12-6-5-10-9-4-2-1-3-8(9)7-11(10)13(12)15/h1-6,12H,7H2. The first kappa shape index (κ1) is 8.93. The van der Waals surface area contributed by atoms with E-state index in [1.165, 1.54) is 11.1 Å². The zero-order chi connectivity index (χ0) is 10.4. The van der Waals surface area contributed by atoms with Crippen LogP contribution in [0.5, 0.6) is 0 Å². The second-order valence-electron chi connectivity index (χ2n) is 3.85. The van der Waals surface area contributed by atoms with Crippen molar-refractivity contribution < 1.29 is 4.79 Å². The Morgan fingerprint density at radius 3 is 2.93 bits per heavy atom. The molecule has 0 radical (unpaired) electrons. The number of hydrogen-bond donors (Lipinski definition) is 0. The highest BCUT2D eigenvalue weighted by atomic mass is 35.5. The summed E-state index contributed by atoms with van der Waals surface area (Å²) in [6, 6.07) is 8.13. The highest BCUT2D eigenvalue weighted by Crippen LogP contribution is 2.37. The molecule has 2 heteroatoms. The number of alkyl halides is 1. The Labute approximate surface area is 93.1 Å². The maximum Gasteiger partial charge on any atom is 0.181 e. The molecule has 0 bridgehead atoms. The minimum Gasteiger partial charge on any atom is -0.292 e. The van der Waals surface area contributed by atoms with E-state index in [1.807, 2.05) is 18.2 Å². The van der Waals surface area contributed by atoms with Gasteiger partial charge in [0.25, 0.3) is 0 Å². The summed E-state index contributed by atoms with van der Waals surface area (Å²) >= 11 is 5.91. The van der Waals surface area contributed by atoms with Crippen molar-refractivity contribution in [2.75, 3.05) is 0 Å². The van der Waals surface area contributed by atoms with Crippen LogP contribution in [-0.2, 0) is 11.2 Å². The van der Waals surface area contributed by atoms with Gasteiger partial charge in [-0.15, -0.1) is 11.6 Å². The van der Waals surface area contributed by atoms with Crippen LogP contribution < -0.4 is 0 Å². The summed E-state index contributed by atoms with van der Waals surface area (Å²) in [5.74, 6) is 0.0605. The van der Waals surface area contributed by atoms with Gasteiger partial charge in [0, 0.05) is 12.0 Å². The predicted molar refractivity (Wildman–Crippen MR) is 60.9 cm³/mol. The smallest absolute Gasteiger partial charge is 0.181 e. The van der Waals surface area contributed by atoms with E-state index in [1.54, 1.807) is 6.08 Å². The van der Waals surface area contributed by atoms with Gasteiger partial charge in [0.1, 0.15) is 5.38 Å². The Morgan fingerprint density at radius 1 is 1.27 bits per heavy atom. The first-order valence-corrected chi connectivity index (χ1v) is 5.39. The van der Waals surface area contributed by atoms with Gasteiger partial charge in [-0.3, -0.25) is 4.79 Å². The Morgan fingerprint density at radius 2 is 2.07 bits per heavy atom. The molecule has 0 N–H and O–H groups in total. The monoisotopic (exact) mass is 216 g/mol. The van der Waals surface area contributed by atoms with Crippen molar-refractivity contribution in [1.82, 2.24) is 0 Å². The Balaban J connectivity index is 2.17. The van der Waals surface area contributed by atoms with E-state index in [-0.39, 0.29) is 5.78 Å². The molecule has 0 aliphatic heterocycles. The molecule has 1 aromatic rings. The van der Waals surface area contributed by atoms with E-state index < -0.39 is 5.38 Å². The molecule has 0 saturated heterocycles. The topological polar surface area (TPSA) is 17.1 Å². The van der Waals surface area contributed by atoms with Crippen molar-refractivity contribution in [1.29, 1.82) is 0 Å². The first-order chi connectivity index (χ1) is 7.27. The number of Topliss-reactive ketones (excluding diaryl/α,β-unsaturated/α-hetero) is 1. The number of ketones is 1. The van der Waals surface area contributed by atoms with Gasteiger partial charge < -0.3 is 0 Å².